The summed E-state index contributed by atoms with van der Waals surface area (Å²) in [4.78, 5) is 0. The number of benzene rings is 2. The first kappa shape index (κ1) is 11.6. The minimum Gasteiger partial charge on any atom is -0.356 e. The van der Waals surface area contributed by atoms with Gasteiger partial charge < -0.3 is 16.8 Å². The smallest absolute Gasteiger partial charge is 0.0384 e. The highest BCUT2D eigenvalue weighted by atomic mass is 14.9. The van der Waals surface area contributed by atoms with Crippen molar-refractivity contribution in [2.24, 2.45) is 11.5 Å². The Hall–Kier alpha value is -1.84. The van der Waals surface area contributed by atoms with Crippen molar-refractivity contribution in [2.75, 3.05) is 5.32 Å². The molecule has 88 valence electrons. The van der Waals surface area contributed by atoms with Gasteiger partial charge in [0, 0.05) is 24.5 Å². The molecule has 0 aliphatic carbocycles. The van der Waals surface area contributed by atoms with Gasteiger partial charge in [-0.2, -0.15) is 0 Å². The van der Waals surface area contributed by atoms with Gasteiger partial charge in [0.05, 0.1) is 0 Å². The van der Waals surface area contributed by atoms with Crippen LogP contribution in [0.2, 0.25) is 0 Å². The summed E-state index contributed by atoms with van der Waals surface area (Å²) < 4.78 is 0. The molecule has 0 heterocycles. The molecule has 0 bridgehead atoms. The zero-order chi connectivity index (χ0) is 12.1. The molecule has 0 amide bonds. The van der Waals surface area contributed by atoms with Crippen LogP contribution in [0.15, 0.2) is 48.5 Å². The van der Waals surface area contributed by atoms with Crippen LogP contribution >= 0.6 is 0 Å². The van der Waals surface area contributed by atoms with Crippen LogP contribution in [0.3, 0.4) is 0 Å². The summed E-state index contributed by atoms with van der Waals surface area (Å²) in [6.07, 6.45) is 0. The number of rotatable bonds is 4. The topological polar surface area (TPSA) is 64.1 Å². The SMILES string of the molecule is NCc1ccc(Nc2ccc(CN)cc2)cc1. The Morgan fingerprint density at radius 3 is 1.29 bits per heavy atom. The van der Waals surface area contributed by atoms with Crippen LogP contribution in [-0.2, 0) is 13.1 Å². The van der Waals surface area contributed by atoms with Crippen molar-refractivity contribution in [3.8, 4) is 0 Å². The predicted molar refractivity (Wildman–Crippen MR) is 71.9 cm³/mol. The Balaban J connectivity index is 2.08. The largest absolute Gasteiger partial charge is 0.356 e. The number of hydrogen-bond donors (Lipinski definition) is 3. The van der Waals surface area contributed by atoms with Crippen molar-refractivity contribution in [1.29, 1.82) is 0 Å². The van der Waals surface area contributed by atoms with E-state index in [1.165, 1.54) is 0 Å². The second-order valence-electron chi connectivity index (χ2n) is 3.93. The lowest BCUT2D eigenvalue weighted by Crippen LogP contribution is -1.97. The quantitative estimate of drug-likeness (QED) is 0.751. The summed E-state index contributed by atoms with van der Waals surface area (Å²) >= 11 is 0. The molecule has 0 saturated heterocycles. The highest BCUT2D eigenvalue weighted by Gasteiger charge is 1.95. The Kier molecular flexibility index (Phi) is 3.75. The third kappa shape index (κ3) is 3.06. The highest BCUT2D eigenvalue weighted by molar-refractivity contribution is 5.60. The van der Waals surface area contributed by atoms with Gasteiger partial charge in [0.15, 0.2) is 0 Å². The van der Waals surface area contributed by atoms with Crippen LogP contribution in [0.25, 0.3) is 0 Å². The van der Waals surface area contributed by atoms with Gasteiger partial charge in [0.25, 0.3) is 0 Å². The van der Waals surface area contributed by atoms with Crippen LogP contribution in [0.5, 0.6) is 0 Å². The molecule has 3 heteroatoms. The van der Waals surface area contributed by atoms with E-state index >= 15 is 0 Å². The molecule has 0 unspecified atom stereocenters. The summed E-state index contributed by atoms with van der Waals surface area (Å²) in [6.45, 7) is 1.15. The second-order valence-corrected chi connectivity index (χ2v) is 3.93. The molecule has 0 aromatic heterocycles. The number of nitrogens with one attached hydrogen (secondary N) is 1. The molecule has 0 aliphatic heterocycles. The van der Waals surface area contributed by atoms with E-state index < -0.39 is 0 Å². The molecule has 0 saturated carbocycles. The summed E-state index contributed by atoms with van der Waals surface area (Å²) in [5, 5.41) is 3.32. The molecule has 3 nitrogen and oxygen atoms in total. The molecular weight excluding hydrogens is 210 g/mol. The summed E-state index contributed by atoms with van der Waals surface area (Å²) in [5.74, 6) is 0. The lowest BCUT2D eigenvalue weighted by atomic mass is 10.2. The van der Waals surface area contributed by atoms with E-state index in [1.807, 2.05) is 48.5 Å². The molecule has 0 radical (unpaired) electrons. The Bertz CT molecular complexity index is 414. The Morgan fingerprint density at radius 2 is 1.00 bits per heavy atom. The average Bonchev–Trinajstić information content (AvgIpc) is 2.40. The third-order valence-electron chi connectivity index (χ3n) is 2.67. The first-order valence-electron chi connectivity index (χ1n) is 5.67. The molecule has 5 N–H and O–H groups in total. The van der Waals surface area contributed by atoms with Crippen LogP contribution in [-0.4, -0.2) is 0 Å². The van der Waals surface area contributed by atoms with Crippen LogP contribution in [0, 0.1) is 0 Å². The Morgan fingerprint density at radius 1 is 0.647 bits per heavy atom. The van der Waals surface area contributed by atoms with Gasteiger partial charge in [-0.15, -0.1) is 0 Å². The van der Waals surface area contributed by atoms with Gasteiger partial charge in [-0.1, -0.05) is 24.3 Å². The van der Waals surface area contributed by atoms with Crippen molar-refractivity contribution in [3.63, 3.8) is 0 Å². The first-order valence-corrected chi connectivity index (χ1v) is 5.67. The molecule has 0 fully saturated rings. The third-order valence-corrected chi connectivity index (χ3v) is 2.67. The minimum absolute atomic E-state index is 0.575. The molecular formula is C14H17N3. The second kappa shape index (κ2) is 5.48. The maximum atomic E-state index is 5.55. The first-order chi connectivity index (χ1) is 8.31. The van der Waals surface area contributed by atoms with Gasteiger partial charge in [0.1, 0.15) is 0 Å². The maximum absolute atomic E-state index is 5.55. The summed E-state index contributed by atoms with van der Waals surface area (Å²) in [5.41, 5.74) is 15.5. The fourth-order valence-corrected chi connectivity index (χ4v) is 1.61. The fourth-order valence-electron chi connectivity index (χ4n) is 1.61. The molecule has 0 aliphatic rings. The van der Waals surface area contributed by atoms with Crippen molar-refractivity contribution < 1.29 is 0 Å². The van der Waals surface area contributed by atoms with E-state index in [9.17, 15) is 0 Å². The van der Waals surface area contributed by atoms with Crippen molar-refractivity contribution in [3.05, 3.63) is 59.7 Å². The zero-order valence-electron chi connectivity index (χ0n) is 9.69. The highest BCUT2D eigenvalue weighted by Crippen LogP contribution is 2.17. The van der Waals surface area contributed by atoms with E-state index in [4.69, 9.17) is 11.5 Å². The minimum atomic E-state index is 0.575. The summed E-state index contributed by atoms with van der Waals surface area (Å²) in [7, 11) is 0. The molecule has 2 aromatic carbocycles. The van der Waals surface area contributed by atoms with E-state index in [2.05, 4.69) is 5.32 Å². The fraction of sp³-hybridized carbons (Fsp3) is 0.143. The number of nitrogens with two attached hydrogens (primary N) is 2. The molecule has 2 rings (SSSR count). The van der Waals surface area contributed by atoms with Crippen LogP contribution < -0.4 is 16.8 Å². The van der Waals surface area contributed by atoms with Crippen molar-refractivity contribution >= 4 is 11.4 Å². The standard InChI is InChI=1S/C14H17N3/c15-9-11-1-5-13(6-2-11)17-14-7-3-12(10-16)4-8-14/h1-8,17H,9-10,15-16H2. The van der Waals surface area contributed by atoms with E-state index in [0.717, 1.165) is 22.5 Å². The van der Waals surface area contributed by atoms with Crippen molar-refractivity contribution in [2.45, 2.75) is 13.1 Å². The van der Waals surface area contributed by atoms with Crippen molar-refractivity contribution in [1.82, 2.24) is 0 Å². The van der Waals surface area contributed by atoms with E-state index in [1.54, 1.807) is 0 Å². The summed E-state index contributed by atoms with van der Waals surface area (Å²) in [6, 6.07) is 16.2. The zero-order valence-corrected chi connectivity index (χ0v) is 9.69. The van der Waals surface area contributed by atoms with Crippen LogP contribution in [0.1, 0.15) is 11.1 Å². The van der Waals surface area contributed by atoms with E-state index in [-0.39, 0.29) is 0 Å². The van der Waals surface area contributed by atoms with Gasteiger partial charge in [-0.25, -0.2) is 0 Å². The molecule has 0 atom stereocenters. The molecule has 0 spiro atoms. The molecule has 17 heavy (non-hydrogen) atoms. The number of anilines is 2. The number of hydrogen-bond acceptors (Lipinski definition) is 3. The monoisotopic (exact) mass is 227 g/mol. The predicted octanol–water partition coefficient (Wildman–Crippen LogP) is 2.35. The Labute approximate surface area is 101 Å². The van der Waals surface area contributed by atoms with Gasteiger partial charge in [0.2, 0.25) is 0 Å². The normalized spacial score (nSPS) is 10.2. The van der Waals surface area contributed by atoms with Gasteiger partial charge in [-0.05, 0) is 35.4 Å². The lowest BCUT2D eigenvalue weighted by Gasteiger charge is -2.07. The van der Waals surface area contributed by atoms with Crippen LogP contribution in [0.4, 0.5) is 11.4 Å². The average molecular weight is 227 g/mol. The lowest BCUT2D eigenvalue weighted by molar-refractivity contribution is 1.07. The van der Waals surface area contributed by atoms with E-state index in [0.29, 0.717) is 13.1 Å². The van der Waals surface area contributed by atoms with Gasteiger partial charge >= 0.3 is 0 Å². The van der Waals surface area contributed by atoms with Gasteiger partial charge in [-0.3, -0.25) is 0 Å². The molecule has 2 aromatic rings. The maximum Gasteiger partial charge on any atom is 0.0384 e.